The molecule has 0 atom stereocenters. The van der Waals surface area contributed by atoms with Gasteiger partial charge in [-0.1, -0.05) is 0 Å². The van der Waals surface area contributed by atoms with Gasteiger partial charge in [0.25, 0.3) is 0 Å². The lowest BCUT2D eigenvalue weighted by molar-refractivity contribution is -0.105. The van der Waals surface area contributed by atoms with E-state index in [1.54, 1.807) is 28.6 Å². The molecule has 0 saturated heterocycles. The van der Waals surface area contributed by atoms with Crippen LogP contribution in [0.15, 0.2) is 18.5 Å². The zero-order valence-electron chi connectivity index (χ0n) is 15.8. The normalized spacial score (nSPS) is 14.0. The zero-order chi connectivity index (χ0) is 19.9. The van der Waals surface area contributed by atoms with Gasteiger partial charge in [0.05, 0.1) is 17.4 Å². The number of thiophene rings is 1. The number of carbonyl (C=O) groups is 2. The average Bonchev–Trinajstić information content (AvgIpc) is 3.20. The van der Waals surface area contributed by atoms with Crippen molar-refractivity contribution in [2.45, 2.75) is 39.3 Å². The summed E-state index contributed by atoms with van der Waals surface area (Å²) in [7, 11) is 0. The molecule has 1 aliphatic heterocycles. The van der Waals surface area contributed by atoms with Crippen molar-refractivity contribution in [3.8, 4) is 10.6 Å². The molecule has 4 heterocycles. The number of rotatable bonds is 3. The molecule has 0 bridgehead atoms. The van der Waals surface area contributed by atoms with Crippen molar-refractivity contribution in [2.24, 2.45) is 0 Å². The number of nitrogens with one attached hydrogen (secondary N) is 1. The van der Waals surface area contributed by atoms with Gasteiger partial charge in [0.1, 0.15) is 21.1 Å². The van der Waals surface area contributed by atoms with Crippen LogP contribution in [0.2, 0.25) is 0 Å². The molecule has 3 aromatic rings. The fraction of sp³-hybridized carbons (Fsp3) is 0.368. The summed E-state index contributed by atoms with van der Waals surface area (Å²) in [5.74, 6) is 0. The molecule has 2 amide bonds. The minimum Gasteiger partial charge on any atom is -0.444 e. The number of thiazole rings is 1. The summed E-state index contributed by atoms with van der Waals surface area (Å²) in [5, 5.41) is 4.43. The molecule has 7 nitrogen and oxygen atoms in total. The van der Waals surface area contributed by atoms with Crippen molar-refractivity contribution in [1.29, 1.82) is 0 Å². The third kappa shape index (κ3) is 3.59. The molecule has 0 spiro atoms. The molecule has 0 aliphatic carbocycles. The molecular formula is C19H20N4O3S2. The van der Waals surface area contributed by atoms with E-state index in [1.165, 1.54) is 11.3 Å². The highest BCUT2D eigenvalue weighted by molar-refractivity contribution is 7.22. The van der Waals surface area contributed by atoms with Crippen LogP contribution in [0.4, 0.5) is 9.80 Å². The number of ether oxygens (including phenoxy) is 1. The number of hydrogen-bond acceptors (Lipinski definition) is 7. The summed E-state index contributed by atoms with van der Waals surface area (Å²) in [4.78, 5) is 35.2. The first-order valence-electron chi connectivity index (χ1n) is 8.89. The maximum atomic E-state index is 12.4. The van der Waals surface area contributed by atoms with Gasteiger partial charge in [-0.3, -0.25) is 9.78 Å². The van der Waals surface area contributed by atoms with Gasteiger partial charge in [-0.15, -0.1) is 22.7 Å². The van der Waals surface area contributed by atoms with E-state index in [0.717, 1.165) is 36.2 Å². The van der Waals surface area contributed by atoms with Crippen molar-refractivity contribution >= 4 is 50.4 Å². The number of amides is 2. The van der Waals surface area contributed by atoms with Crippen LogP contribution in [0.1, 0.15) is 31.2 Å². The summed E-state index contributed by atoms with van der Waals surface area (Å²) < 4.78 is 6.55. The lowest BCUT2D eigenvalue weighted by Gasteiger charge is -2.30. The molecular weight excluding hydrogens is 396 g/mol. The largest absolute Gasteiger partial charge is 0.444 e. The smallest absolute Gasteiger partial charge is 0.410 e. The average molecular weight is 417 g/mol. The van der Waals surface area contributed by atoms with Crippen LogP contribution in [-0.4, -0.2) is 39.5 Å². The number of anilines is 1. The molecule has 1 N–H and O–H groups in total. The van der Waals surface area contributed by atoms with Gasteiger partial charge in [-0.05, 0) is 38.8 Å². The molecule has 4 rings (SSSR count). The Labute approximate surface area is 170 Å². The first kappa shape index (κ1) is 18.8. The van der Waals surface area contributed by atoms with E-state index in [-0.39, 0.29) is 6.09 Å². The SMILES string of the molecule is CC(C)(C)OC(=O)N1CCc2c(sc(NC=O)c2-c2nc3cnccc3s2)C1. The Balaban J connectivity index is 1.70. The molecule has 0 fully saturated rings. The van der Waals surface area contributed by atoms with Crippen LogP contribution >= 0.6 is 22.7 Å². The third-order valence-electron chi connectivity index (χ3n) is 4.30. The summed E-state index contributed by atoms with van der Waals surface area (Å²) in [6, 6.07) is 1.94. The van der Waals surface area contributed by atoms with Gasteiger partial charge in [-0.2, -0.15) is 0 Å². The van der Waals surface area contributed by atoms with E-state index in [9.17, 15) is 9.59 Å². The van der Waals surface area contributed by atoms with Gasteiger partial charge >= 0.3 is 6.09 Å². The third-order valence-corrected chi connectivity index (χ3v) is 6.50. The second kappa shape index (κ2) is 7.14. The van der Waals surface area contributed by atoms with Gasteiger partial charge in [-0.25, -0.2) is 9.78 Å². The van der Waals surface area contributed by atoms with E-state index in [0.29, 0.717) is 25.9 Å². The van der Waals surface area contributed by atoms with E-state index < -0.39 is 5.60 Å². The predicted octanol–water partition coefficient (Wildman–Crippen LogP) is 4.28. The van der Waals surface area contributed by atoms with E-state index in [4.69, 9.17) is 9.72 Å². The van der Waals surface area contributed by atoms with Gasteiger partial charge < -0.3 is 15.0 Å². The molecule has 0 aromatic carbocycles. The fourth-order valence-electron chi connectivity index (χ4n) is 3.15. The van der Waals surface area contributed by atoms with Crippen molar-refractivity contribution in [3.63, 3.8) is 0 Å². The summed E-state index contributed by atoms with van der Waals surface area (Å²) in [5.41, 5.74) is 2.40. The molecule has 3 aromatic heterocycles. The molecule has 1 aliphatic rings. The Morgan fingerprint density at radius 2 is 2.18 bits per heavy atom. The number of nitrogens with zero attached hydrogens (tertiary/aromatic N) is 3. The summed E-state index contributed by atoms with van der Waals surface area (Å²) in [6.07, 6.45) is 4.54. The summed E-state index contributed by atoms with van der Waals surface area (Å²) >= 11 is 3.07. The summed E-state index contributed by atoms with van der Waals surface area (Å²) in [6.45, 7) is 6.61. The second-order valence-electron chi connectivity index (χ2n) is 7.48. The number of carbonyl (C=O) groups excluding carboxylic acids is 2. The van der Waals surface area contributed by atoms with Gasteiger partial charge in [0, 0.05) is 23.2 Å². The fourth-order valence-corrected chi connectivity index (χ4v) is 5.45. The van der Waals surface area contributed by atoms with E-state index in [1.807, 2.05) is 26.8 Å². The number of aromatic nitrogens is 2. The molecule has 28 heavy (non-hydrogen) atoms. The van der Waals surface area contributed by atoms with Crippen LogP contribution in [0.25, 0.3) is 20.8 Å². The van der Waals surface area contributed by atoms with Crippen LogP contribution < -0.4 is 5.32 Å². The van der Waals surface area contributed by atoms with E-state index >= 15 is 0 Å². The molecule has 0 radical (unpaired) electrons. The van der Waals surface area contributed by atoms with Crippen molar-refractivity contribution in [1.82, 2.24) is 14.9 Å². The predicted molar refractivity (Wildman–Crippen MR) is 111 cm³/mol. The standard InChI is InChI=1S/C19H20N4O3S2/c1-19(2,3)26-18(25)23-7-5-11-14(9-23)28-16(21-10-24)15(11)17-22-12-8-20-6-4-13(12)27-17/h4,6,8,10H,5,7,9H2,1-3H3,(H,21,24). The van der Waals surface area contributed by atoms with Crippen LogP contribution in [0.3, 0.4) is 0 Å². The maximum Gasteiger partial charge on any atom is 0.410 e. The van der Waals surface area contributed by atoms with Crippen LogP contribution in [0.5, 0.6) is 0 Å². The second-order valence-corrected chi connectivity index (χ2v) is 9.62. The Morgan fingerprint density at radius 3 is 2.89 bits per heavy atom. The highest BCUT2D eigenvalue weighted by Crippen LogP contribution is 2.45. The first-order chi connectivity index (χ1) is 13.4. The highest BCUT2D eigenvalue weighted by atomic mass is 32.1. The minimum absolute atomic E-state index is 0.316. The number of fused-ring (bicyclic) bond motifs is 2. The van der Waals surface area contributed by atoms with Crippen LogP contribution in [-0.2, 0) is 22.5 Å². The Bertz CT molecular complexity index is 1020. The number of hydrogen-bond donors (Lipinski definition) is 1. The quantitative estimate of drug-likeness (QED) is 0.644. The Morgan fingerprint density at radius 1 is 1.36 bits per heavy atom. The van der Waals surface area contributed by atoms with Crippen molar-refractivity contribution < 1.29 is 14.3 Å². The lowest BCUT2D eigenvalue weighted by Crippen LogP contribution is -2.39. The van der Waals surface area contributed by atoms with Gasteiger partial charge in [0.15, 0.2) is 0 Å². The highest BCUT2D eigenvalue weighted by Gasteiger charge is 2.31. The minimum atomic E-state index is -0.531. The maximum absolute atomic E-state index is 12.4. The lowest BCUT2D eigenvalue weighted by atomic mass is 10.0. The van der Waals surface area contributed by atoms with E-state index in [2.05, 4.69) is 10.3 Å². The number of pyridine rings is 1. The topological polar surface area (TPSA) is 84.4 Å². The Kier molecular flexibility index (Phi) is 4.80. The van der Waals surface area contributed by atoms with Crippen LogP contribution in [0, 0.1) is 0 Å². The molecule has 0 unspecified atom stereocenters. The zero-order valence-corrected chi connectivity index (χ0v) is 17.4. The molecule has 146 valence electrons. The molecule has 9 heteroatoms. The van der Waals surface area contributed by atoms with Crippen molar-refractivity contribution in [3.05, 3.63) is 28.9 Å². The van der Waals surface area contributed by atoms with Gasteiger partial charge in [0.2, 0.25) is 6.41 Å². The van der Waals surface area contributed by atoms with Crippen molar-refractivity contribution in [2.75, 3.05) is 11.9 Å². The Hall–Kier alpha value is -2.52. The monoisotopic (exact) mass is 416 g/mol. The first-order valence-corrected chi connectivity index (χ1v) is 10.5. The molecule has 0 saturated carbocycles.